The first-order chi connectivity index (χ1) is 14.2. The number of sulfonamides is 1. The summed E-state index contributed by atoms with van der Waals surface area (Å²) in [4.78, 5) is 12.9. The summed E-state index contributed by atoms with van der Waals surface area (Å²) in [5.74, 6) is -0.265. The molecule has 2 aliphatic heterocycles. The molecule has 10 heteroatoms. The highest BCUT2D eigenvalue weighted by molar-refractivity contribution is 7.89. The maximum Gasteiger partial charge on any atom is 0.244 e. The van der Waals surface area contributed by atoms with Gasteiger partial charge in [-0.1, -0.05) is 44.0 Å². The molecule has 30 heavy (non-hydrogen) atoms. The first-order valence-corrected chi connectivity index (χ1v) is 15.3. The molecule has 1 aromatic rings. The number of rotatable bonds is 7. The van der Waals surface area contributed by atoms with Gasteiger partial charge >= 0.3 is 0 Å². The lowest BCUT2D eigenvalue weighted by atomic mass is 9.96. The maximum atomic E-state index is 13.7. The van der Waals surface area contributed by atoms with Crippen molar-refractivity contribution in [1.82, 2.24) is 9.62 Å². The van der Waals surface area contributed by atoms with Gasteiger partial charge in [-0.2, -0.15) is 4.31 Å². The Labute approximate surface area is 190 Å². The molecule has 0 spiro atoms. The molecule has 3 rings (SSSR count). The van der Waals surface area contributed by atoms with Crippen molar-refractivity contribution in [2.45, 2.75) is 81.2 Å². The minimum Gasteiger partial charge on any atom is -0.411 e. The van der Waals surface area contributed by atoms with Gasteiger partial charge in [0.15, 0.2) is 8.32 Å². The number of piperidine rings is 1. The number of nitrogens with one attached hydrogen (secondary N) is 1. The average molecular weight is 494 g/mol. The fraction of sp³-hybridized carbons (Fsp3) is 0.650. The van der Waals surface area contributed by atoms with Crippen molar-refractivity contribution in [2.75, 3.05) is 6.54 Å². The standard InChI is InChI=1S/C20H30Cl2N2O4SSi/c1-4-30(5-2,6-3)28-19-13-23-20(25)18-9-7-8-17(19)24(18)29(26,27)16-11-14(21)10-15(22)12-16/h10-12,17-19H,4-9,13H2,1-3H3,(H,23,25)/t17-,18?,19-/m0/s1. The Bertz CT molecular complexity index is 866. The minimum absolute atomic E-state index is 0.00957. The van der Waals surface area contributed by atoms with E-state index in [-0.39, 0.29) is 27.0 Å². The molecule has 2 aliphatic rings. The van der Waals surface area contributed by atoms with E-state index in [9.17, 15) is 13.2 Å². The van der Waals surface area contributed by atoms with Crippen molar-refractivity contribution >= 4 is 47.4 Å². The number of carbonyl (C=O) groups is 1. The van der Waals surface area contributed by atoms with E-state index in [1.54, 1.807) is 0 Å². The van der Waals surface area contributed by atoms with Crippen molar-refractivity contribution in [3.05, 3.63) is 28.2 Å². The normalized spacial score (nSPS) is 25.6. The largest absolute Gasteiger partial charge is 0.411 e. The molecule has 2 bridgehead atoms. The number of amides is 1. The Morgan fingerprint density at radius 1 is 1.10 bits per heavy atom. The van der Waals surface area contributed by atoms with Crippen LogP contribution in [0.2, 0.25) is 28.2 Å². The molecular formula is C20H30Cl2N2O4SSi. The summed E-state index contributed by atoms with van der Waals surface area (Å²) in [5.41, 5.74) is 0. The molecule has 0 aliphatic carbocycles. The van der Waals surface area contributed by atoms with E-state index < -0.39 is 30.4 Å². The summed E-state index contributed by atoms with van der Waals surface area (Å²) in [6, 6.07) is 5.99. The third-order valence-corrected chi connectivity index (χ3v) is 13.6. The Morgan fingerprint density at radius 2 is 1.70 bits per heavy atom. The molecule has 1 amide bonds. The lowest BCUT2D eigenvalue weighted by molar-refractivity contribution is -0.125. The van der Waals surface area contributed by atoms with Gasteiger partial charge in [-0.3, -0.25) is 4.79 Å². The first kappa shape index (κ1) is 24.0. The van der Waals surface area contributed by atoms with Gasteiger partial charge in [-0.05, 0) is 55.6 Å². The summed E-state index contributed by atoms with van der Waals surface area (Å²) in [7, 11) is -6.00. The third kappa shape index (κ3) is 4.59. The number of fused-ring (bicyclic) bond motifs is 2. The predicted molar refractivity (Wildman–Crippen MR) is 122 cm³/mol. The summed E-state index contributed by atoms with van der Waals surface area (Å²) >= 11 is 12.2. The van der Waals surface area contributed by atoms with Crippen molar-refractivity contribution in [2.24, 2.45) is 0 Å². The summed E-state index contributed by atoms with van der Waals surface area (Å²) in [6.45, 7) is 6.75. The fourth-order valence-electron chi connectivity index (χ4n) is 4.64. The number of carbonyl (C=O) groups excluding carboxylic acids is 1. The molecule has 0 aromatic heterocycles. The van der Waals surface area contributed by atoms with Gasteiger partial charge in [-0.25, -0.2) is 8.42 Å². The van der Waals surface area contributed by atoms with Crippen LogP contribution >= 0.6 is 23.2 Å². The van der Waals surface area contributed by atoms with Crippen molar-refractivity contribution < 1.29 is 17.6 Å². The fourth-order valence-corrected chi connectivity index (χ4v) is 10.1. The smallest absolute Gasteiger partial charge is 0.244 e. The van der Waals surface area contributed by atoms with Crippen molar-refractivity contribution in [1.29, 1.82) is 0 Å². The van der Waals surface area contributed by atoms with Crippen LogP contribution in [0.3, 0.4) is 0 Å². The Morgan fingerprint density at radius 3 is 2.27 bits per heavy atom. The summed E-state index contributed by atoms with van der Waals surface area (Å²) in [6.07, 6.45) is 1.56. The molecule has 168 valence electrons. The van der Waals surface area contributed by atoms with Gasteiger partial charge in [0.25, 0.3) is 0 Å². The molecular weight excluding hydrogens is 463 g/mol. The van der Waals surface area contributed by atoms with E-state index in [0.29, 0.717) is 19.4 Å². The molecule has 0 saturated carbocycles. The minimum atomic E-state index is -3.99. The predicted octanol–water partition coefficient (Wildman–Crippen LogP) is 4.43. The van der Waals surface area contributed by atoms with Crippen LogP contribution in [-0.2, 0) is 19.2 Å². The molecule has 0 radical (unpaired) electrons. The highest BCUT2D eigenvalue weighted by Gasteiger charge is 2.50. The number of benzene rings is 1. The lowest BCUT2D eigenvalue weighted by Crippen LogP contribution is -2.57. The zero-order chi connectivity index (χ0) is 22.1. The monoisotopic (exact) mass is 492 g/mol. The zero-order valence-corrected chi connectivity index (χ0v) is 21.0. The van der Waals surface area contributed by atoms with Crippen molar-refractivity contribution in [3.63, 3.8) is 0 Å². The number of nitrogens with zero attached hydrogens (tertiary/aromatic N) is 1. The van der Waals surface area contributed by atoms with E-state index in [2.05, 4.69) is 26.1 Å². The quantitative estimate of drug-likeness (QED) is 0.571. The van der Waals surface area contributed by atoms with Gasteiger partial charge in [0.2, 0.25) is 15.9 Å². The number of hydrogen-bond donors (Lipinski definition) is 1. The second-order valence-electron chi connectivity index (χ2n) is 8.10. The summed E-state index contributed by atoms with van der Waals surface area (Å²) in [5, 5.41) is 3.42. The molecule has 2 heterocycles. The van der Waals surface area contributed by atoms with Gasteiger partial charge in [-0.15, -0.1) is 0 Å². The van der Waals surface area contributed by atoms with Crippen LogP contribution in [0.15, 0.2) is 23.1 Å². The van der Waals surface area contributed by atoms with Crippen LogP contribution in [0.25, 0.3) is 0 Å². The highest BCUT2D eigenvalue weighted by Crippen LogP contribution is 2.37. The van der Waals surface area contributed by atoms with Gasteiger partial charge < -0.3 is 9.74 Å². The van der Waals surface area contributed by atoms with E-state index in [4.69, 9.17) is 27.6 Å². The third-order valence-electron chi connectivity index (χ3n) is 6.57. The van der Waals surface area contributed by atoms with Crippen molar-refractivity contribution in [3.8, 4) is 0 Å². The lowest BCUT2D eigenvalue weighted by Gasteiger charge is -2.43. The van der Waals surface area contributed by atoms with E-state index in [0.717, 1.165) is 24.6 Å². The second kappa shape index (κ2) is 9.46. The SMILES string of the molecule is CC[Si](CC)(CC)O[C@H]1CNC(=O)C2CCC[C@@H]1N2S(=O)(=O)c1cc(Cl)cc(Cl)c1. The molecule has 6 nitrogen and oxygen atoms in total. The Kier molecular flexibility index (Phi) is 7.57. The van der Waals surface area contributed by atoms with Gasteiger partial charge in [0.05, 0.1) is 17.0 Å². The second-order valence-corrected chi connectivity index (χ2v) is 15.5. The first-order valence-electron chi connectivity index (χ1n) is 10.6. The number of hydrogen-bond acceptors (Lipinski definition) is 4. The zero-order valence-electron chi connectivity index (χ0n) is 17.7. The molecule has 1 aromatic carbocycles. The molecule has 1 N–H and O–H groups in total. The van der Waals surface area contributed by atoms with Crippen LogP contribution < -0.4 is 5.32 Å². The molecule has 2 fully saturated rings. The van der Waals surface area contributed by atoms with E-state index >= 15 is 0 Å². The number of halogens is 2. The van der Waals surface area contributed by atoms with Crippen LogP contribution in [0.5, 0.6) is 0 Å². The Balaban J connectivity index is 2.06. The van der Waals surface area contributed by atoms with Crippen LogP contribution in [-0.4, -0.2) is 51.7 Å². The van der Waals surface area contributed by atoms with Gasteiger partial charge in [0, 0.05) is 16.6 Å². The molecule has 1 unspecified atom stereocenters. The average Bonchev–Trinajstić information content (AvgIpc) is 2.80. The topological polar surface area (TPSA) is 75.7 Å². The van der Waals surface area contributed by atoms with E-state index in [1.165, 1.54) is 22.5 Å². The Hall–Kier alpha value is -0.643. The van der Waals surface area contributed by atoms with Crippen LogP contribution in [0.4, 0.5) is 0 Å². The maximum absolute atomic E-state index is 13.7. The van der Waals surface area contributed by atoms with Crippen LogP contribution in [0, 0.1) is 0 Å². The van der Waals surface area contributed by atoms with Gasteiger partial charge in [0.1, 0.15) is 6.04 Å². The molecule has 2 saturated heterocycles. The summed E-state index contributed by atoms with van der Waals surface area (Å²) < 4.78 is 35.5. The van der Waals surface area contributed by atoms with E-state index in [1.807, 2.05) is 0 Å². The van der Waals surface area contributed by atoms with Crippen LogP contribution in [0.1, 0.15) is 40.0 Å². The highest BCUT2D eigenvalue weighted by atomic mass is 35.5. The molecule has 3 atom stereocenters.